The Morgan fingerprint density at radius 1 is 1.07 bits per heavy atom. The summed E-state index contributed by atoms with van der Waals surface area (Å²) in [5.41, 5.74) is 2.40. The quantitative estimate of drug-likeness (QED) is 0.461. The molecule has 1 amide bonds. The molecule has 0 bridgehead atoms. The van der Waals surface area contributed by atoms with Crippen LogP contribution in [0.5, 0.6) is 0 Å². The van der Waals surface area contributed by atoms with Crippen LogP contribution in [0.1, 0.15) is 27.7 Å². The van der Waals surface area contributed by atoms with Crippen molar-refractivity contribution in [3.05, 3.63) is 85.1 Å². The molecular weight excluding hydrogens is 421 g/mol. The number of hydrogen-bond acceptors (Lipinski definition) is 6. The largest absolute Gasteiger partial charge is 0.450 e. The molecule has 0 saturated heterocycles. The van der Waals surface area contributed by atoms with Crippen molar-refractivity contribution >= 4 is 56.5 Å². The van der Waals surface area contributed by atoms with Gasteiger partial charge < -0.3 is 4.42 Å². The van der Waals surface area contributed by atoms with Gasteiger partial charge >= 0.3 is 0 Å². The Bertz CT molecular complexity index is 1300. The summed E-state index contributed by atoms with van der Waals surface area (Å²) >= 11 is 13.4. The molecule has 1 aliphatic heterocycles. The maximum atomic E-state index is 13.3. The van der Waals surface area contributed by atoms with Crippen molar-refractivity contribution in [3.63, 3.8) is 0 Å². The third kappa shape index (κ3) is 2.55. The first-order valence-electron chi connectivity index (χ1n) is 8.16. The lowest BCUT2D eigenvalue weighted by Gasteiger charge is -2.22. The maximum absolute atomic E-state index is 13.3. The highest BCUT2D eigenvalue weighted by Gasteiger charge is 2.45. The van der Waals surface area contributed by atoms with E-state index in [-0.39, 0.29) is 16.8 Å². The van der Waals surface area contributed by atoms with Gasteiger partial charge in [0.2, 0.25) is 10.9 Å². The predicted octanol–water partition coefficient (Wildman–Crippen LogP) is 4.70. The molecule has 138 valence electrons. The van der Waals surface area contributed by atoms with Gasteiger partial charge in [0.1, 0.15) is 11.1 Å². The fourth-order valence-corrected chi connectivity index (χ4v) is 4.36. The Balaban J connectivity index is 1.85. The molecule has 0 spiro atoms. The molecule has 9 heteroatoms. The van der Waals surface area contributed by atoms with E-state index in [9.17, 15) is 9.59 Å². The number of amides is 1. The number of halogens is 2. The van der Waals surface area contributed by atoms with E-state index < -0.39 is 11.9 Å². The average molecular weight is 430 g/mol. The van der Waals surface area contributed by atoms with Crippen molar-refractivity contribution in [1.82, 2.24) is 10.2 Å². The molecule has 3 heterocycles. The molecule has 1 aliphatic rings. The van der Waals surface area contributed by atoms with Crippen LogP contribution >= 0.6 is 34.5 Å². The van der Waals surface area contributed by atoms with Gasteiger partial charge in [-0.25, -0.2) is 0 Å². The lowest BCUT2D eigenvalue weighted by Crippen LogP contribution is -2.29. The van der Waals surface area contributed by atoms with Crippen LogP contribution in [0.15, 0.2) is 57.2 Å². The third-order valence-electron chi connectivity index (χ3n) is 4.55. The molecule has 28 heavy (non-hydrogen) atoms. The minimum Gasteiger partial charge on any atom is -0.450 e. The van der Waals surface area contributed by atoms with Crippen molar-refractivity contribution < 1.29 is 9.21 Å². The second-order valence-corrected chi connectivity index (χ2v) is 7.85. The zero-order chi connectivity index (χ0) is 19.4. The Morgan fingerprint density at radius 2 is 1.89 bits per heavy atom. The second kappa shape index (κ2) is 6.41. The van der Waals surface area contributed by atoms with Crippen LogP contribution < -0.4 is 10.3 Å². The standard InChI is InChI=1S/C19H9Cl2N3O3S/c20-10-3-1-2-9(6-10)15-14-16(25)12-7-11(21)4-5-13(12)27-17(14)18(26)24(15)19-23-22-8-28-19/h1-8,15H/t15-/m0/s1. The van der Waals surface area contributed by atoms with Crippen molar-refractivity contribution in [2.75, 3.05) is 4.90 Å². The van der Waals surface area contributed by atoms with Crippen LogP contribution in [0, 0.1) is 0 Å². The molecular formula is C19H9Cl2N3O3S. The van der Waals surface area contributed by atoms with Crippen LogP contribution in [0.2, 0.25) is 10.0 Å². The van der Waals surface area contributed by atoms with Crippen LogP contribution in [-0.4, -0.2) is 16.1 Å². The number of hydrogen-bond donors (Lipinski definition) is 0. The highest BCUT2D eigenvalue weighted by molar-refractivity contribution is 7.13. The summed E-state index contributed by atoms with van der Waals surface area (Å²) in [5.74, 6) is -0.467. The molecule has 0 fully saturated rings. The van der Waals surface area contributed by atoms with Gasteiger partial charge in [-0.1, -0.05) is 46.7 Å². The van der Waals surface area contributed by atoms with Crippen LogP contribution in [0.25, 0.3) is 11.0 Å². The first-order chi connectivity index (χ1) is 13.5. The van der Waals surface area contributed by atoms with Crippen LogP contribution in [0.4, 0.5) is 5.13 Å². The number of carbonyl (C=O) groups excluding carboxylic acids is 1. The number of aromatic nitrogens is 2. The molecule has 0 aliphatic carbocycles. The van der Waals surface area contributed by atoms with Gasteiger partial charge in [-0.3, -0.25) is 14.5 Å². The summed E-state index contributed by atoms with van der Waals surface area (Å²) in [6.45, 7) is 0. The highest BCUT2D eigenvalue weighted by Crippen LogP contribution is 2.42. The Labute approximate surface area is 171 Å². The zero-order valence-corrected chi connectivity index (χ0v) is 16.3. The van der Waals surface area contributed by atoms with Gasteiger partial charge in [-0.2, -0.15) is 0 Å². The van der Waals surface area contributed by atoms with Crippen molar-refractivity contribution in [2.45, 2.75) is 6.04 Å². The number of benzene rings is 2. The SMILES string of the molecule is O=C1c2oc3ccc(Cl)cc3c(=O)c2[C@H](c2cccc(Cl)c2)N1c1nncs1. The molecule has 0 radical (unpaired) electrons. The monoisotopic (exact) mass is 429 g/mol. The van der Waals surface area contributed by atoms with Crippen LogP contribution in [0.3, 0.4) is 0 Å². The molecule has 1 atom stereocenters. The molecule has 6 nitrogen and oxygen atoms in total. The highest BCUT2D eigenvalue weighted by atomic mass is 35.5. The van der Waals surface area contributed by atoms with Gasteiger partial charge in [0.25, 0.3) is 5.91 Å². The van der Waals surface area contributed by atoms with E-state index in [1.165, 1.54) is 27.8 Å². The lowest BCUT2D eigenvalue weighted by atomic mass is 9.99. The number of anilines is 1. The molecule has 0 saturated carbocycles. The molecule has 2 aromatic carbocycles. The summed E-state index contributed by atoms with van der Waals surface area (Å²) in [6, 6.07) is 11.0. The van der Waals surface area contributed by atoms with Gasteiger partial charge in [0.15, 0.2) is 5.43 Å². The van der Waals surface area contributed by atoms with Crippen molar-refractivity contribution in [3.8, 4) is 0 Å². The van der Waals surface area contributed by atoms with Crippen molar-refractivity contribution in [1.29, 1.82) is 0 Å². The molecule has 2 aromatic heterocycles. The maximum Gasteiger partial charge on any atom is 0.297 e. The van der Waals surface area contributed by atoms with Gasteiger partial charge in [-0.05, 0) is 35.9 Å². The van der Waals surface area contributed by atoms with Crippen LogP contribution in [-0.2, 0) is 0 Å². The summed E-state index contributed by atoms with van der Waals surface area (Å²) in [5, 5.41) is 9.41. The van der Waals surface area contributed by atoms with E-state index in [1.807, 2.05) is 0 Å². The molecule has 0 unspecified atom stereocenters. The summed E-state index contributed by atoms with van der Waals surface area (Å²) in [6.07, 6.45) is 0. The summed E-state index contributed by atoms with van der Waals surface area (Å²) in [4.78, 5) is 28.0. The summed E-state index contributed by atoms with van der Waals surface area (Å²) < 4.78 is 5.84. The molecule has 4 aromatic rings. The second-order valence-electron chi connectivity index (χ2n) is 6.17. The fourth-order valence-electron chi connectivity index (χ4n) is 3.41. The van der Waals surface area contributed by atoms with E-state index in [0.717, 1.165) is 0 Å². The third-order valence-corrected chi connectivity index (χ3v) is 5.71. The topological polar surface area (TPSA) is 76.3 Å². The summed E-state index contributed by atoms with van der Waals surface area (Å²) in [7, 11) is 0. The normalized spacial score (nSPS) is 16.0. The van der Waals surface area contributed by atoms with E-state index in [1.54, 1.807) is 36.4 Å². The molecule has 5 rings (SSSR count). The van der Waals surface area contributed by atoms with Crippen molar-refractivity contribution in [2.24, 2.45) is 0 Å². The number of rotatable bonds is 2. The predicted molar refractivity (Wildman–Crippen MR) is 108 cm³/mol. The van der Waals surface area contributed by atoms with E-state index in [0.29, 0.717) is 31.7 Å². The number of nitrogens with zero attached hydrogens (tertiary/aromatic N) is 3. The van der Waals surface area contributed by atoms with E-state index in [4.69, 9.17) is 27.6 Å². The minimum atomic E-state index is -0.728. The van der Waals surface area contributed by atoms with Gasteiger partial charge in [0, 0.05) is 10.0 Å². The Kier molecular flexibility index (Phi) is 3.97. The van der Waals surface area contributed by atoms with Gasteiger partial charge in [0.05, 0.1) is 17.0 Å². The minimum absolute atomic E-state index is 0.0139. The smallest absolute Gasteiger partial charge is 0.297 e. The molecule has 0 N–H and O–H groups in total. The van der Waals surface area contributed by atoms with E-state index in [2.05, 4.69) is 10.2 Å². The Hall–Kier alpha value is -2.74. The van der Waals surface area contributed by atoms with Gasteiger partial charge in [-0.15, -0.1) is 10.2 Å². The van der Waals surface area contributed by atoms with E-state index >= 15 is 0 Å². The average Bonchev–Trinajstić information content (AvgIpc) is 3.29. The lowest BCUT2D eigenvalue weighted by molar-refractivity contribution is 0.0970. The fraction of sp³-hybridized carbons (Fsp3) is 0.0526. The Morgan fingerprint density at radius 3 is 2.64 bits per heavy atom. The number of carbonyl (C=O) groups is 1. The first-order valence-corrected chi connectivity index (χ1v) is 9.79. The zero-order valence-electron chi connectivity index (χ0n) is 13.9. The number of fused-ring (bicyclic) bond motifs is 2. The first kappa shape index (κ1) is 17.4.